The normalized spacial score (nSPS) is 12.5. The van der Waals surface area contributed by atoms with Gasteiger partial charge in [0.25, 0.3) is 0 Å². The molecule has 0 saturated heterocycles. The Hall–Kier alpha value is -1.78. The maximum absolute atomic E-state index is 9.05. The minimum atomic E-state index is 0.0638. The standard InChI is InChI=1S/C17H16BrNO2/c1-11(19-15-5-2-12(10-20)3-6-15)17-9-13-8-14(18)4-7-16(13)21-17/h2-9,11,19-20H,10H2,1H3. The van der Waals surface area contributed by atoms with E-state index in [0.29, 0.717) is 0 Å². The zero-order valence-corrected chi connectivity index (χ0v) is 13.2. The fraction of sp³-hybridized carbons (Fsp3) is 0.176. The van der Waals surface area contributed by atoms with Crippen LogP contribution in [-0.4, -0.2) is 5.11 Å². The molecule has 0 radical (unpaired) electrons. The number of aliphatic hydroxyl groups is 1. The predicted molar refractivity (Wildman–Crippen MR) is 88.3 cm³/mol. The van der Waals surface area contributed by atoms with Gasteiger partial charge < -0.3 is 14.8 Å². The summed E-state index contributed by atoms with van der Waals surface area (Å²) in [6, 6.07) is 15.8. The van der Waals surface area contributed by atoms with Crippen LogP contribution in [0, 0.1) is 0 Å². The van der Waals surface area contributed by atoms with Gasteiger partial charge >= 0.3 is 0 Å². The molecule has 3 rings (SSSR count). The first-order valence-electron chi connectivity index (χ1n) is 6.81. The molecule has 0 bridgehead atoms. The molecule has 1 heterocycles. The van der Waals surface area contributed by atoms with Gasteiger partial charge in [0.1, 0.15) is 11.3 Å². The van der Waals surface area contributed by atoms with Gasteiger partial charge in [0, 0.05) is 15.5 Å². The van der Waals surface area contributed by atoms with Crippen LogP contribution in [0.25, 0.3) is 11.0 Å². The van der Waals surface area contributed by atoms with Crippen molar-refractivity contribution in [1.82, 2.24) is 0 Å². The predicted octanol–water partition coefficient (Wildman–Crippen LogP) is 4.86. The Morgan fingerprint density at radius 2 is 1.90 bits per heavy atom. The number of nitrogens with one attached hydrogen (secondary N) is 1. The van der Waals surface area contributed by atoms with Gasteiger partial charge in [-0.25, -0.2) is 0 Å². The van der Waals surface area contributed by atoms with Gasteiger partial charge in [-0.2, -0.15) is 0 Å². The van der Waals surface area contributed by atoms with E-state index >= 15 is 0 Å². The second kappa shape index (κ2) is 5.92. The highest BCUT2D eigenvalue weighted by Gasteiger charge is 2.11. The van der Waals surface area contributed by atoms with E-state index in [1.165, 1.54) is 0 Å². The molecular weight excluding hydrogens is 330 g/mol. The van der Waals surface area contributed by atoms with Crippen LogP contribution in [0.1, 0.15) is 24.3 Å². The lowest BCUT2D eigenvalue weighted by atomic mass is 10.2. The van der Waals surface area contributed by atoms with E-state index in [1.54, 1.807) is 0 Å². The third kappa shape index (κ3) is 3.12. The zero-order valence-electron chi connectivity index (χ0n) is 11.6. The Bertz CT molecular complexity index is 749. The van der Waals surface area contributed by atoms with E-state index in [2.05, 4.69) is 34.2 Å². The molecule has 2 N–H and O–H groups in total. The van der Waals surface area contributed by atoms with Crippen LogP contribution >= 0.6 is 15.9 Å². The summed E-state index contributed by atoms with van der Waals surface area (Å²) in [4.78, 5) is 0. The molecule has 4 heteroatoms. The summed E-state index contributed by atoms with van der Waals surface area (Å²) >= 11 is 3.47. The number of anilines is 1. The fourth-order valence-corrected chi connectivity index (χ4v) is 2.65. The average Bonchev–Trinajstić information content (AvgIpc) is 2.91. The van der Waals surface area contributed by atoms with Crippen molar-refractivity contribution >= 4 is 32.6 Å². The molecule has 2 aromatic carbocycles. The van der Waals surface area contributed by atoms with E-state index < -0.39 is 0 Å². The Morgan fingerprint density at radius 1 is 1.14 bits per heavy atom. The highest BCUT2D eigenvalue weighted by Crippen LogP contribution is 2.28. The van der Waals surface area contributed by atoms with Crippen LogP contribution in [-0.2, 0) is 6.61 Å². The minimum Gasteiger partial charge on any atom is -0.459 e. The van der Waals surface area contributed by atoms with Gasteiger partial charge in [-0.1, -0.05) is 28.1 Å². The van der Waals surface area contributed by atoms with Crippen molar-refractivity contribution in [2.45, 2.75) is 19.6 Å². The molecule has 108 valence electrons. The van der Waals surface area contributed by atoms with Crippen molar-refractivity contribution in [3.63, 3.8) is 0 Å². The molecule has 1 unspecified atom stereocenters. The molecule has 0 fully saturated rings. The Morgan fingerprint density at radius 3 is 2.62 bits per heavy atom. The Balaban J connectivity index is 1.80. The molecule has 0 saturated carbocycles. The first kappa shape index (κ1) is 14.2. The van der Waals surface area contributed by atoms with Gasteiger partial charge in [0.05, 0.1) is 12.6 Å². The largest absolute Gasteiger partial charge is 0.459 e. The molecule has 3 nitrogen and oxygen atoms in total. The number of aliphatic hydroxyl groups excluding tert-OH is 1. The van der Waals surface area contributed by atoms with Crippen LogP contribution < -0.4 is 5.32 Å². The van der Waals surface area contributed by atoms with Crippen molar-refractivity contribution in [3.8, 4) is 0 Å². The van der Waals surface area contributed by atoms with Crippen LogP contribution in [0.15, 0.2) is 57.4 Å². The molecule has 0 aliphatic carbocycles. The Labute approximate surface area is 131 Å². The number of hydrogen-bond donors (Lipinski definition) is 2. The van der Waals surface area contributed by atoms with Crippen molar-refractivity contribution < 1.29 is 9.52 Å². The molecule has 0 amide bonds. The molecule has 0 aliphatic rings. The maximum Gasteiger partial charge on any atom is 0.134 e. The van der Waals surface area contributed by atoms with E-state index in [0.717, 1.165) is 32.5 Å². The number of halogens is 1. The number of hydrogen-bond acceptors (Lipinski definition) is 3. The first-order valence-corrected chi connectivity index (χ1v) is 7.60. The summed E-state index contributed by atoms with van der Waals surface area (Å²) in [5, 5.41) is 13.5. The van der Waals surface area contributed by atoms with Crippen molar-refractivity contribution in [3.05, 3.63) is 64.3 Å². The summed E-state index contributed by atoms with van der Waals surface area (Å²) in [6.45, 7) is 2.13. The summed E-state index contributed by atoms with van der Waals surface area (Å²) in [5.41, 5.74) is 2.79. The van der Waals surface area contributed by atoms with Gasteiger partial charge in [0.15, 0.2) is 0 Å². The van der Waals surface area contributed by atoms with E-state index in [1.807, 2.05) is 42.5 Å². The van der Waals surface area contributed by atoms with E-state index in [-0.39, 0.29) is 12.6 Å². The number of fused-ring (bicyclic) bond motifs is 1. The van der Waals surface area contributed by atoms with Crippen LogP contribution in [0.4, 0.5) is 5.69 Å². The summed E-state index contributed by atoms with van der Waals surface area (Å²) < 4.78 is 6.92. The highest BCUT2D eigenvalue weighted by atomic mass is 79.9. The SMILES string of the molecule is CC(Nc1ccc(CO)cc1)c1cc2cc(Br)ccc2o1. The summed E-state index contributed by atoms with van der Waals surface area (Å²) in [6.07, 6.45) is 0. The van der Waals surface area contributed by atoms with Gasteiger partial charge in [-0.05, 0) is 48.9 Å². The van der Waals surface area contributed by atoms with E-state index in [9.17, 15) is 0 Å². The average molecular weight is 346 g/mol. The van der Waals surface area contributed by atoms with Gasteiger partial charge in [-0.3, -0.25) is 0 Å². The van der Waals surface area contributed by atoms with Crippen LogP contribution in [0.3, 0.4) is 0 Å². The quantitative estimate of drug-likeness (QED) is 0.709. The molecular formula is C17H16BrNO2. The molecule has 1 atom stereocenters. The Kier molecular flexibility index (Phi) is 3.99. The number of benzene rings is 2. The van der Waals surface area contributed by atoms with E-state index in [4.69, 9.17) is 9.52 Å². The molecule has 21 heavy (non-hydrogen) atoms. The summed E-state index contributed by atoms with van der Waals surface area (Å²) in [7, 11) is 0. The smallest absolute Gasteiger partial charge is 0.134 e. The van der Waals surface area contributed by atoms with Crippen LogP contribution in [0.5, 0.6) is 0 Å². The van der Waals surface area contributed by atoms with Gasteiger partial charge in [-0.15, -0.1) is 0 Å². The van der Waals surface area contributed by atoms with Crippen molar-refractivity contribution in [2.75, 3.05) is 5.32 Å². The molecule has 0 aliphatic heterocycles. The van der Waals surface area contributed by atoms with Crippen LogP contribution in [0.2, 0.25) is 0 Å². The second-order valence-corrected chi connectivity index (χ2v) is 5.97. The topological polar surface area (TPSA) is 45.4 Å². The third-order valence-corrected chi connectivity index (χ3v) is 3.94. The van der Waals surface area contributed by atoms with Crippen molar-refractivity contribution in [2.24, 2.45) is 0 Å². The monoisotopic (exact) mass is 345 g/mol. The third-order valence-electron chi connectivity index (χ3n) is 3.44. The fourth-order valence-electron chi connectivity index (χ4n) is 2.28. The number of rotatable bonds is 4. The second-order valence-electron chi connectivity index (χ2n) is 5.05. The molecule has 1 aromatic heterocycles. The zero-order chi connectivity index (χ0) is 14.8. The first-order chi connectivity index (χ1) is 10.2. The number of furan rings is 1. The highest BCUT2D eigenvalue weighted by molar-refractivity contribution is 9.10. The molecule has 3 aromatic rings. The maximum atomic E-state index is 9.05. The summed E-state index contributed by atoms with van der Waals surface area (Å²) in [5.74, 6) is 0.898. The molecule has 0 spiro atoms. The lowest BCUT2D eigenvalue weighted by Crippen LogP contribution is -2.05. The minimum absolute atomic E-state index is 0.0638. The van der Waals surface area contributed by atoms with Crippen molar-refractivity contribution in [1.29, 1.82) is 0 Å². The van der Waals surface area contributed by atoms with Gasteiger partial charge in [0.2, 0.25) is 0 Å². The lowest BCUT2D eigenvalue weighted by molar-refractivity contribution is 0.282. The lowest BCUT2D eigenvalue weighted by Gasteiger charge is -2.13.